The number of halogens is 1. The summed E-state index contributed by atoms with van der Waals surface area (Å²) < 4.78 is 0. The maximum atomic E-state index is 13.8. The molecule has 2 aromatic carbocycles. The first-order chi connectivity index (χ1) is 17.1. The molecule has 2 aliphatic rings. The number of amides is 3. The van der Waals surface area contributed by atoms with E-state index < -0.39 is 5.54 Å². The first kappa shape index (κ1) is 23.5. The van der Waals surface area contributed by atoms with E-state index >= 15 is 0 Å². The fraction of sp³-hybridized carbons (Fsp3) is 0.321. The van der Waals surface area contributed by atoms with Gasteiger partial charge in [-0.3, -0.25) is 19.6 Å². The Hall–Kier alpha value is -3.22. The lowest BCUT2D eigenvalue weighted by Gasteiger charge is -2.42. The van der Waals surface area contributed by atoms with Crippen molar-refractivity contribution in [2.24, 2.45) is 0 Å². The summed E-state index contributed by atoms with van der Waals surface area (Å²) in [5, 5.41) is 0.755. The molecule has 2 fully saturated rings. The van der Waals surface area contributed by atoms with Crippen LogP contribution >= 0.6 is 11.6 Å². The van der Waals surface area contributed by atoms with Crippen molar-refractivity contribution in [1.82, 2.24) is 19.7 Å². The molecule has 180 valence electrons. The van der Waals surface area contributed by atoms with E-state index in [1.807, 2.05) is 65.6 Å². The highest BCUT2D eigenvalue weighted by Crippen LogP contribution is 2.38. The van der Waals surface area contributed by atoms with Crippen LogP contribution in [0, 0.1) is 0 Å². The number of pyridine rings is 1. The van der Waals surface area contributed by atoms with Crippen molar-refractivity contribution >= 4 is 23.5 Å². The summed E-state index contributed by atoms with van der Waals surface area (Å²) in [6.45, 7) is 2.90. The van der Waals surface area contributed by atoms with Crippen molar-refractivity contribution < 1.29 is 9.59 Å². The van der Waals surface area contributed by atoms with Crippen molar-refractivity contribution in [3.63, 3.8) is 0 Å². The van der Waals surface area contributed by atoms with E-state index in [1.54, 1.807) is 6.20 Å². The van der Waals surface area contributed by atoms with Crippen LogP contribution in [0.25, 0.3) is 0 Å². The second-order valence-electron chi connectivity index (χ2n) is 9.28. The number of hydrogen-bond acceptors (Lipinski definition) is 4. The van der Waals surface area contributed by atoms with Crippen LogP contribution < -0.4 is 0 Å². The summed E-state index contributed by atoms with van der Waals surface area (Å²) in [6.07, 6.45) is 3.62. The molecule has 6 nitrogen and oxygen atoms in total. The number of carbonyl (C=O) groups is 2. The highest BCUT2D eigenvalue weighted by molar-refractivity contribution is 6.31. The third-order valence-corrected chi connectivity index (χ3v) is 7.54. The number of carbonyl (C=O) groups excluding carboxylic acids is 2. The van der Waals surface area contributed by atoms with E-state index in [9.17, 15) is 9.59 Å². The molecular weight excluding hydrogens is 460 g/mol. The molecule has 1 spiro atoms. The largest absolute Gasteiger partial charge is 0.328 e. The molecule has 3 aromatic rings. The Balaban J connectivity index is 1.36. The summed E-state index contributed by atoms with van der Waals surface area (Å²) in [6, 6.07) is 23.3. The highest BCUT2D eigenvalue weighted by Gasteiger charge is 2.57. The second-order valence-corrected chi connectivity index (χ2v) is 9.69. The lowest BCUT2D eigenvalue weighted by Crippen LogP contribution is -2.56. The SMILES string of the molecule is O=C1N(Cc2ccccn2)C(=O)C2(CCN(Cc3ccccc3Cl)CC2)N1CCc1ccccc1. The molecule has 3 amide bonds. The number of benzene rings is 2. The molecule has 2 saturated heterocycles. The summed E-state index contributed by atoms with van der Waals surface area (Å²) >= 11 is 6.38. The molecular formula is C28H29ClN4O2. The molecule has 0 N–H and O–H groups in total. The molecule has 0 radical (unpaired) electrons. The van der Waals surface area contributed by atoms with Gasteiger partial charge in [-0.25, -0.2) is 4.79 Å². The van der Waals surface area contributed by atoms with Gasteiger partial charge in [0.25, 0.3) is 5.91 Å². The van der Waals surface area contributed by atoms with Crippen molar-refractivity contribution in [3.05, 3.63) is 101 Å². The Bertz CT molecular complexity index is 1180. The average molecular weight is 489 g/mol. The van der Waals surface area contributed by atoms with Gasteiger partial charge in [0.1, 0.15) is 5.54 Å². The number of aromatic nitrogens is 1. The lowest BCUT2D eigenvalue weighted by atomic mass is 9.85. The molecule has 35 heavy (non-hydrogen) atoms. The molecule has 0 atom stereocenters. The van der Waals surface area contributed by atoms with Crippen LogP contribution in [0.5, 0.6) is 0 Å². The van der Waals surface area contributed by atoms with Gasteiger partial charge in [-0.05, 0) is 48.6 Å². The van der Waals surface area contributed by atoms with Crippen molar-refractivity contribution in [1.29, 1.82) is 0 Å². The molecule has 3 heterocycles. The minimum atomic E-state index is -0.808. The van der Waals surface area contributed by atoms with Crippen molar-refractivity contribution in [2.45, 2.75) is 37.9 Å². The molecule has 0 saturated carbocycles. The van der Waals surface area contributed by atoms with E-state index in [2.05, 4.69) is 22.0 Å². The molecule has 0 unspecified atom stereocenters. The Labute approximate surface area is 211 Å². The number of piperidine rings is 1. The standard InChI is InChI=1S/C28H29ClN4O2/c29-25-12-5-4-10-23(25)20-31-18-14-28(15-19-31)26(34)32(21-24-11-6-7-16-30-24)27(35)33(28)17-13-22-8-2-1-3-9-22/h1-12,16H,13-15,17-21H2. The summed E-state index contributed by atoms with van der Waals surface area (Å²) in [5.74, 6) is -0.0985. The van der Waals surface area contributed by atoms with Crippen molar-refractivity contribution in [2.75, 3.05) is 19.6 Å². The number of imide groups is 1. The summed E-state index contributed by atoms with van der Waals surface area (Å²) in [4.78, 5) is 37.3. The molecule has 1 aromatic heterocycles. The molecule has 2 aliphatic heterocycles. The number of hydrogen-bond donors (Lipinski definition) is 0. The Morgan fingerprint density at radius 2 is 1.57 bits per heavy atom. The smallest absolute Gasteiger partial charge is 0.309 e. The van der Waals surface area contributed by atoms with Gasteiger partial charge in [-0.2, -0.15) is 0 Å². The topological polar surface area (TPSA) is 56.8 Å². The van der Waals surface area contributed by atoms with E-state index in [4.69, 9.17) is 11.6 Å². The van der Waals surface area contributed by atoms with Gasteiger partial charge in [-0.15, -0.1) is 0 Å². The van der Waals surface area contributed by atoms with Crippen LogP contribution in [0.15, 0.2) is 79.0 Å². The van der Waals surface area contributed by atoms with Crippen LogP contribution in [0.3, 0.4) is 0 Å². The quantitative estimate of drug-likeness (QED) is 0.449. The van der Waals surface area contributed by atoms with E-state index in [0.717, 1.165) is 35.8 Å². The molecule has 0 bridgehead atoms. The van der Waals surface area contributed by atoms with Gasteiger partial charge >= 0.3 is 6.03 Å². The Kier molecular flexibility index (Phi) is 6.84. The van der Waals surface area contributed by atoms with Gasteiger partial charge in [0.05, 0.1) is 12.2 Å². The average Bonchev–Trinajstić information content (AvgIpc) is 3.07. The molecule has 5 rings (SSSR count). The van der Waals surface area contributed by atoms with Gasteiger partial charge < -0.3 is 4.90 Å². The third-order valence-electron chi connectivity index (χ3n) is 7.17. The van der Waals surface area contributed by atoms with Gasteiger partial charge in [-0.1, -0.05) is 66.2 Å². The van der Waals surface area contributed by atoms with Gasteiger partial charge in [0.15, 0.2) is 0 Å². The van der Waals surface area contributed by atoms with Crippen LogP contribution in [0.2, 0.25) is 5.02 Å². The third kappa shape index (κ3) is 4.81. The minimum absolute atomic E-state index is 0.0985. The predicted molar refractivity (Wildman–Crippen MR) is 136 cm³/mol. The first-order valence-electron chi connectivity index (χ1n) is 12.1. The fourth-order valence-electron chi connectivity index (χ4n) is 5.20. The molecule has 7 heteroatoms. The first-order valence-corrected chi connectivity index (χ1v) is 12.5. The zero-order chi connectivity index (χ0) is 24.3. The minimum Gasteiger partial charge on any atom is -0.309 e. The zero-order valence-corrected chi connectivity index (χ0v) is 20.4. The normalized spacial score (nSPS) is 18.0. The highest BCUT2D eigenvalue weighted by atomic mass is 35.5. The zero-order valence-electron chi connectivity index (χ0n) is 19.6. The van der Waals surface area contributed by atoms with E-state index in [0.29, 0.717) is 31.5 Å². The van der Waals surface area contributed by atoms with Crippen LogP contribution in [0.4, 0.5) is 4.79 Å². The monoisotopic (exact) mass is 488 g/mol. The number of nitrogens with zero attached hydrogens (tertiary/aromatic N) is 4. The summed E-state index contributed by atoms with van der Waals surface area (Å²) in [5.41, 5.74) is 2.14. The van der Waals surface area contributed by atoms with Crippen LogP contribution in [-0.4, -0.2) is 56.8 Å². The fourth-order valence-corrected chi connectivity index (χ4v) is 5.40. The van der Waals surface area contributed by atoms with Crippen LogP contribution in [-0.2, 0) is 24.3 Å². The summed E-state index contributed by atoms with van der Waals surface area (Å²) in [7, 11) is 0. The number of rotatable bonds is 7. The maximum Gasteiger partial charge on any atom is 0.328 e. The van der Waals surface area contributed by atoms with Gasteiger partial charge in [0, 0.05) is 37.4 Å². The second kappa shape index (κ2) is 10.2. The lowest BCUT2D eigenvalue weighted by molar-refractivity contribution is -0.136. The van der Waals surface area contributed by atoms with E-state index in [1.165, 1.54) is 4.90 Å². The Morgan fingerprint density at radius 3 is 2.29 bits per heavy atom. The van der Waals surface area contributed by atoms with E-state index in [-0.39, 0.29) is 18.5 Å². The van der Waals surface area contributed by atoms with Crippen LogP contribution in [0.1, 0.15) is 29.7 Å². The van der Waals surface area contributed by atoms with Crippen molar-refractivity contribution in [3.8, 4) is 0 Å². The molecule has 0 aliphatic carbocycles. The Morgan fingerprint density at radius 1 is 0.857 bits per heavy atom. The predicted octanol–water partition coefficient (Wildman–Crippen LogP) is 4.78. The number of likely N-dealkylation sites (tertiary alicyclic amines) is 1. The number of urea groups is 1. The van der Waals surface area contributed by atoms with Gasteiger partial charge in [0.2, 0.25) is 0 Å². The maximum absolute atomic E-state index is 13.8.